The fourth-order valence-corrected chi connectivity index (χ4v) is 3.51. The molecular weight excluding hydrogens is 410 g/mol. The molecule has 0 unspecified atom stereocenters. The largest absolute Gasteiger partial charge is 0.490 e. The van der Waals surface area contributed by atoms with Gasteiger partial charge in [0.25, 0.3) is 0 Å². The second-order valence-corrected chi connectivity index (χ2v) is 7.78. The second kappa shape index (κ2) is 10.8. The zero-order valence-electron chi connectivity index (χ0n) is 17.4. The Morgan fingerprint density at radius 1 is 0.903 bits per heavy atom. The van der Waals surface area contributed by atoms with Crippen LogP contribution in [-0.2, 0) is 6.42 Å². The number of aromatic nitrogens is 1. The van der Waals surface area contributed by atoms with E-state index in [4.69, 9.17) is 26.1 Å². The van der Waals surface area contributed by atoms with Gasteiger partial charge in [-0.1, -0.05) is 35.9 Å². The number of nitrogens with zero attached hydrogens (tertiary/aromatic N) is 2. The molecule has 4 rings (SSSR count). The van der Waals surface area contributed by atoms with Crippen LogP contribution < -0.4 is 14.8 Å². The molecule has 5 nitrogen and oxygen atoms in total. The first-order chi connectivity index (χ1) is 15.3. The number of ether oxygens (including phenoxy) is 2. The van der Waals surface area contributed by atoms with Crippen LogP contribution in [0.4, 0.5) is 0 Å². The molecule has 0 saturated carbocycles. The maximum atomic E-state index is 6.19. The number of amidine groups is 1. The van der Waals surface area contributed by atoms with Crippen molar-refractivity contribution in [3.05, 3.63) is 83.0 Å². The smallest absolute Gasteiger partial charge is 0.230 e. The van der Waals surface area contributed by atoms with Crippen molar-refractivity contribution < 1.29 is 9.47 Å². The lowest BCUT2D eigenvalue weighted by Crippen LogP contribution is -2.27. The summed E-state index contributed by atoms with van der Waals surface area (Å²) in [7, 11) is 0. The predicted octanol–water partition coefficient (Wildman–Crippen LogP) is 5.67. The summed E-state index contributed by atoms with van der Waals surface area (Å²) in [6, 6.07) is 19.5. The number of fused-ring (bicyclic) bond motifs is 2. The molecule has 3 aromatic rings. The third-order valence-corrected chi connectivity index (χ3v) is 5.28. The molecular formula is C25H26ClN3O2. The predicted molar refractivity (Wildman–Crippen MR) is 125 cm³/mol. The lowest BCUT2D eigenvalue weighted by molar-refractivity contribution is 0.291. The van der Waals surface area contributed by atoms with E-state index in [1.807, 2.05) is 60.7 Å². The average Bonchev–Trinajstić information content (AvgIpc) is 2.81. The van der Waals surface area contributed by atoms with Gasteiger partial charge in [0.1, 0.15) is 5.84 Å². The Hall–Kier alpha value is -3.05. The Labute approximate surface area is 188 Å². The third kappa shape index (κ3) is 5.98. The summed E-state index contributed by atoms with van der Waals surface area (Å²) in [4.78, 5) is 9.34. The van der Waals surface area contributed by atoms with Crippen molar-refractivity contribution in [3.63, 3.8) is 0 Å². The first kappa shape index (κ1) is 21.2. The van der Waals surface area contributed by atoms with Gasteiger partial charge in [-0.05, 0) is 67.6 Å². The molecule has 0 aliphatic carbocycles. The number of aliphatic imine (C=N–C) groups is 1. The summed E-state index contributed by atoms with van der Waals surface area (Å²) in [6.45, 7) is 2.14. The Morgan fingerprint density at radius 2 is 1.74 bits per heavy atom. The number of hydrogen-bond donors (Lipinski definition) is 1. The number of rotatable bonds is 3. The Morgan fingerprint density at radius 3 is 2.61 bits per heavy atom. The van der Waals surface area contributed by atoms with Crippen molar-refractivity contribution in [2.75, 3.05) is 19.7 Å². The third-order valence-electron chi connectivity index (χ3n) is 5.03. The molecule has 0 spiro atoms. The fourth-order valence-electron chi connectivity index (χ4n) is 3.39. The summed E-state index contributed by atoms with van der Waals surface area (Å²) in [5.41, 5.74) is 2.06. The fraction of sp³-hybridized carbons (Fsp3) is 0.280. The van der Waals surface area contributed by atoms with Gasteiger partial charge in [-0.25, -0.2) is 4.98 Å². The minimum absolute atomic E-state index is 0.510. The molecule has 0 amide bonds. The lowest BCUT2D eigenvalue weighted by Gasteiger charge is -2.15. The summed E-state index contributed by atoms with van der Waals surface area (Å²) in [5, 5.41) is 4.25. The summed E-state index contributed by atoms with van der Waals surface area (Å²) in [6.07, 6.45) is 5.64. The molecule has 0 atom stereocenters. The molecule has 2 heterocycles. The molecule has 0 fully saturated rings. The van der Waals surface area contributed by atoms with Gasteiger partial charge >= 0.3 is 0 Å². The van der Waals surface area contributed by atoms with E-state index in [-0.39, 0.29) is 0 Å². The van der Waals surface area contributed by atoms with Gasteiger partial charge < -0.3 is 14.8 Å². The lowest BCUT2D eigenvalue weighted by atomic mass is 10.1. The maximum Gasteiger partial charge on any atom is 0.230 e. The zero-order chi connectivity index (χ0) is 21.3. The van der Waals surface area contributed by atoms with Crippen LogP contribution in [0.3, 0.4) is 0 Å². The van der Waals surface area contributed by atoms with Crippen LogP contribution in [-0.4, -0.2) is 30.5 Å². The van der Waals surface area contributed by atoms with Crippen LogP contribution in [0.15, 0.2) is 71.9 Å². The number of benzene rings is 2. The molecule has 1 N–H and O–H groups in total. The highest BCUT2D eigenvalue weighted by atomic mass is 35.5. The highest BCUT2D eigenvalue weighted by molar-refractivity contribution is 6.30. The quantitative estimate of drug-likeness (QED) is 0.576. The van der Waals surface area contributed by atoms with Crippen LogP contribution >= 0.6 is 11.6 Å². The molecule has 160 valence electrons. The van der Waals surface area contributed by atoms with E-state index in [2.05, 4.69) is 10.3 Å². The number of halogens is 1. The summed E-state index contributed by atoms with van der Waals surface area (Å²) >= 11 is 5.99. The molecule has 31 heavy (non-hydrogen) atoms. The van der Waals surface area contributed by atoms with E-state index in [1.54, 1.807) is 6.20 Å². The monoisotopic (exact) mass is 435 g/mol. The van der Waals surface area contributed by atoms with Crippen LogP contribution in [0.2, 0.25) is 5.02 Å². The van der Waals surface area contributed by atoms with Crippen molar-refractivity contribution in [3.8, 4) is 17.4 Å². The summed E-state index contributed by atoms with van der Waals surface area (Å²) < 4.78 is 12.1. The zero-order valence-corrected chi connectivity index (χ0v) is 18.1. The van der Waals surface area contributed by atoms with E-state index in [9.17, 15) is 0 Å². The molecule has 0 saturated heterocycles. The molecule has 6 heteroatoms. The van der Waals surface area contributed by atoms with Gasteiger partial charge in [0, 0.05) is 24.3 Å². The maximum absolute atomic E-state index is 6.19. The molecule has 1 aliphatic rings. The Bertz CT molecular complexity index is 1020. The standard InChI is InChI=1S/C25H26ClN3O2/c26-20-12-10-19(11-13-20)14-17-28-24-21-7-6-16-29-25(21)31-23-9-3-2-8-22(23)30-18-5-1-4-15-27-24/h2-3,6-13,16H,1,4-5,14-15,17-18H2,(H,27,28). The van der Waals surface area contributed by atoms with Crippen molar-refractivity contribution in [1.82, 2.24) is 10.3 Å². The topological polar surface area (TPSA) is 55.7 Å². The normalized spacial score (nSPS) is 14.3. The second-order valence-electron chi connectivity index (χ2n) is 7.35. The number of nitrogens with one attached hydrogen (secondary N) is 1. The van der Waals surface area contributed by atoms with Gasteiger partial charge in [0.2, 0.25) is 5.88 Å². The van der Waals surface area contributed by atoms with Gasteiger partial charge in [0.15, 0.2) is 11.5 Å². The minimum Gasteiger partial charge on any atom is -0.490 e. The van der Waals surface area contributed by atoms with Gasteiger partial charge in [0.05, 0.1) is 12.2 Å². The van der Waals surface area contributed by atoms with Crippen LogP contribution in [0.5, 0.6) is 17.4 Å². The molecule has 1 aliphatic heterocycles. The highest BCUT2D eigenvalue weighted by Crippen LogP contribution is 2.32. The van der Waals surface area contributed by atoms with Crippen molar-refractivity contribution in [2.45, 2.75) is 25.7 Å². The molecule has 0 bridgehead atoms. The Kier molecular flexibility index (Phi) is 7.40. The minimum atomic E-state index is 0.510. The number of para-hydroxylation sites is 2. The van der Waals surface area contributed by atoms with E-state index in [0.717, 1.165) is 60.9 Å². The first-order valence-electron chi connectivity index (χ1n) is 10.7. The van der Waals surface area contributed by atoms with E-state index in [1.165, 1.54) is 5.56 Å². The Balaban J connectivity index is 1.57. The van der Waals surface area contributed by atoms with Gasteiger partial charge in [-0.2, -0.15) is 0 Å². The van der Waals surface area contributed by atoms with Crippen LogP contribution in [0.25, 0.3) is 0 Å². The van der Waals surface area contributed by atoms with Crippen molar-refractivity contribution in [2.24, 2.45) is 4.99 Å². The van der Waals surface area contributed by atoms with E-state index < -0.39 is 0 Å². The van der Waals surface area contributed by atoms with Crippen LogP contribution in [0.1, 0.15) is 30.4 Å². The number of hydrogen-bond acceptors (Lipinski definition) is 5. The van der Waals surface area contributed by atoms with Crippen molar-refractivity contribution in [1.29, 1.82) is 0 Å². The summed E-state index contributed by atoms with van der Waals surface area (Å²) in [5.74, 6) is 2.69. The van der Waals surface area contributed by atoms with E-state index >= 15 is 0 Å². The van der Waals surface area contributed by atoms with Gasteiger partial charge in [-0.15, -0.1) is 0 Å². The number of pyridine rings is 1. The average molecular weight is 436 g/mol. The first-order valence-corrected chi connectivity index (χ1v) is 11.1. The van der Waals surface area contributed by atoms with Crippen LogP contribution in [0, 0.1) is 0 Å². The van der Waals surface area contributed by atoms with E-state index in [0.29, 0.717) is 18.2 Å². The van der Waals surface area contributed by atoms with Crippen molar-refractivity contribution >= 4 is 17.4 Å². The van der Waals surface area contributed by atoms with Gasteiger partial charge in [-0.3, -0.25) is 4.99 Å². The molecule has 1 aromatic heterocycles. The SMILES string of the molecule is Clc1ccc(CCNC2=NCCCCCOc3ccccc3Oc3ncccc32)cc1. The molecule has 2 aromatic carbocycles. The molecule has 0 radical (unpaired) electrons. The highest BCUT2D eigenvalue weighted by Gasteiger charge is 2.15.